The van der Waals surface area contributed by atoms with Crippen LogP contribution < -0.4 is 9.47 Å². The van der Waals surface area contributed by atoms with E-state index in [1.807, 2.05) is 6.08 Å². The van der Waals surface area contributed by atoms with Crippen molar-refractivity contribution in [1.82, 2.24) is 0 Å². The van der Waals surface area contributed by atoms with E-state index in [1.54, 1.807) is 24.3 Å². The molecule has 1 aliphatic heterocycles. The first-order valence-corrected chi connectivity index (χ1v) is 8.61. The highest BCUT2D eigenvalue weighted by atomic mass is 19.2. The standard InChI is InChI=1S/C21H22F2O3/c1-3-14-4-7-17(25-12-14)13-26-16-8-5-15(6-9-16)18-10-11-19(24-2)21(23)20(18)22/h3,5-6,8-11,14,17H,1,4,7,12-13H2,2H3. The van der Waals surface area contributed by atoms with Crippen LogP contribution in [0, 0.1) is 17.6 Å². The van der Waals surface area contributed by atoms with Gasteiger partial charge in [-0.3, -0.25) is 0 Å². The van der Waals surface area contributed by atoms with E-state index >= 15 is 0 Å². The molecule has 0 bridgehead atoms. The Labute approximate surface area is 152 Å². The molecule has 2 atom stereocenters. The van der Waals surface area contributed by atoms with Gasteiger partial charge in [0, 0.05) is 11.5 Å². The van der Waals surface area contributed by atoms with Crippen LogP contribution in [0.4, 0.5) is 8.78 Å². The molecule has 0 amide bonds. The molecule has 0 aliphatic carbocycles. The van der Waals surface area contributed by atoms with Crippen molar-refractivity contribution in [1.29, 1.82) is 0 Å². The summed E-state index contributed by atoms with van der Waals surface area (Å²) in [6.45, 7) is 4.94. The normalized spacial score (nSPS) is 19.8. The minimum absolute atomic E-state index is 0.0685. The average molecular weight is 360 g/mol. The molecule has 1 saturated heterocycles. The van der Waals surface area contributed by atoms with Crippen LogP contribution in [0.3, 0.4) is 0 Å². The smallest absolute Gasteiger partial charge is 0.201 e. The fraction of sp³-hybridized carbons (Fsp3) is 0.333. The number of ether oxygens (including phenoxy) is 3. The van der Waals surface area contributed by atoms with E-state index in [-0.39, 0.29) is 17.4 Å². The highest BCUT2D eigenvalue weighted by Crippen LogP contribution is 2.30. The summed E-state index contributed by atoms with van der Waals surface area (Å²) < 4.78 is 44.3. The zero-order valence-corrected chi connectivity index (χ0v) is 14.7. The van der Waals surface area contributed by atoms with Gasteiger partial charge in [-0.05, 0) is 42.7 Å². The summed E-state index contributed by atoms with van der Waals surface area (Å²) in [5.41, 5.74) is 0.750. The summed E-state index contributed by atoms with van der Waals surface area (Å²) in [7, 11) is 1.30. The van der Waals surface area contributed by atoms with Crippen LogP contribution in [0.5, 0.6) is 11.5 Å². The molecule has 5 heteroatoms. The van der Waals surface area contributed by atoms with Gasteiger partial charge in [-0.1, -0.05) is 18.2 Å². The van der Waals surface area contributed by atoms with Crippen LogP contribution in [0.1, 0.15) is 12.8 Å². The summed E-state index contributed by atoms with van der Waals surface area (Å²) >= 11 is 0. The van der Waals surface area contributed by atoms with Gasteiger partial charge in [0.25, 0.3) is 0 Å². The molecule has 3 nitrogen and oxygen atoms in total. The molecule has 0 radical (unpaired) electrons. The van der Waals surface area contributed by atoms with Crippen LogP contribution in [0.25, 0.3) is 11.1 Å². The molecular weight excluding hydrogens is 338 g/mol. The zero-order chi connectivity index (χ0) is 18.5. The summed E-state index contributed by atoms with van der Waals surface area (Å²) in [5, 5.41) is 0. The van der Waals surface area contributed by atoms with Crippen LogP contribution >= 0.6 is 0 Å². The molecule has 1 fully saturated rings. The molecule has 3 rings (SSSR count). The van der Waals surface area contributed by atoms with E-state index in [0.717, 1.165) is 12.8 Å². The molecular formula is C21H22F2O3. The maximum absolute atomic E-state index is 14.2. The monoisotopic (exact) mass is 360 g/mol. The number of rotatable bonds is 6. The first kappa shape index (κ1) is 18.4. The maximum atomic E-state index is 14.2. The Kier molecular flexibility index (Phi) is 5.89. The van der Waals surface area contributed by atoms with Gasteiger partial charge in [0.15, 0.2) is 11.6 Å². The lowest BCUT2D eigenvalue weighted by molar-refractivity contribution is -0.0274. The van der Waals surface area contributed by atoms with E-state index in [4.69, 9.17) is 14.2 Å². The van der Waals surface area contributed by atoms with Crippen molar-refractivity contribution in [3.05, 3.63) is 60.7 Å². The van der Waals surface area contributed by atoms with Crippen molar-refractivity contribution in [3.63, 3.8) is 0 Å². The van der Waals surface area contributed by atoms with E-state index in [1.165, 1.54) is 19.2 Å². The van der Waals surface area contributed by atoms with Crippen molar-refractivity contribution < 1.29 is 23.0 Å². The number of methoxy groups -OCH3 is 1. The Morgan fingerprint density at radius 1 is 1.12 bits per heavy atom. The fourth-order valence-corrected chi connectivity index (χ4v) is 2.98. The van der Waals surface area contributed by atoms with Gasteiger partial charge >= 0.3 is 0 Å². The molecule has 2 unspecified atom stereocenters. The van der Waals surface area contributed by atoms with Gasteiger partial charge in [0.05, 0.1) is 19.8 Å². The Morgan fingerprint density at radius 3 is 2.50 bits per heavy atom. The molecule has 0 N–H and O–H groups in total. The average Bonchev–Trinajstić information content (AvgIpc) is 2.69. The Bertz CT molecular complexity index is 751. The summed E-state index contributed by atoms with van der Waals surface area (Å²) in [4.78, 5) is 0. The molecule has 1 aliphatic rings. The largest absolute Gasteiger partial charge is 0.494 e. The predicted molar refractivity (Wildman–Crippen MR) is 96.5 cm³/mol. The van der Waals surface area contributed by atoms with Crippen molar-refractivity contribution >= 4 is 0 Å². The fourth-order valence-electron chi connectivity index (χ4n) is 2.98. The Morgan fingerprint density at radius 2 is 1.88 bits per heavy atom. The quantitative estimate of drug-likeness (QED) is 0.679. The number of hydrogen-bond acceptors (Lipinski definition) is 3. The topological polar surface area (TPSA) is 27.7 Å². The summed E-state index contributed by atoms with van der Waals surface area (Å²) in [5.74, 6) is -0.941. The molecule has 2 aromatic carbocycles. The first-order valence-electron chi connectivity index (χ1n) is 8.61. The van der Waals surface area contributed by atoms with Crippen LogP contribution in [0.2, 0.25) is 0 Å². The second-order valence-corrected chi connectivity index (χ2v) is 6.31. The van der Waals surface area contributed by atoms with Crippen LogP contribution in [0.15, 0.2) is 49.1 Å². The maximum Gasteiger partial charge on any atom is 0.201 e. The molecule has 1 heterocycles. The van der Waals surface area contributed by atoms with E-state index in [9.17, 15) is 8.78 Å². The second-order valence-electron chi connectivity index (χ2n) is 6.31. The lowest BCUT2D eigenvalue weighted by Gasteiger charge is -2.27. The van der Waals surface area contributed by atoms with Gasteiger partial charge in [-0.25, -0.2) is 4.39 Å². The van der Waals surface area contributed by atoms with Gasteiger partial charge < -0.3 is 14.2 Å². The molecule has 0 spiro atoms. The van der Waals surface area contributed by atoms with E-state index < -0.39 is 11.6 Å². The van der Waals surface area contributed by atoms with Crippen molar-refractivity contribution in [2.24, 2.45) is 5.92 Å². The van der Waals surface area contributed by atoms with Gasteiger partial charge in [0.1, 0.15) is 12.4 Å². The van der Waals surface area contributed by atoms with Gasteiger partial charge in [-0.2, -0.15) is 4.39 Å². The minimum atomic E-state index is -0.988. The van der Waals surface area contributed by atoms with Gasteiger partial charge in [-0.15, -0.1) is 6.58 Å². The van der Waals surface area contributed by atoms with E-state index in [2.05, 4.69) is 6.58 Å². The Hall–Kier alpha value is -2.40. The van der Waals surface area contributed by atoms with Crippen LogP contribution in [-0.4, -0.2) is 26.4 Å². The molecule has 0 saturated carbocycles. The number of hydrogen-bond donors (Lipinski definition) is 0. The van der Waals surface area contributed by atoms with E-state index in [0.29, 0.717) is 30.4 Å². The number of benzene rings is 2. The molecule has 2 aromatic rings. The molecule has 0 aromatic heterocycles. The summed E-state index contributed by atoms with van der Waals surface area (Å²) in [6, 6.07) is 9.80. The molecule has 138 valence electrons. The predicted octanol–water partition coefficient (Wildman–Crippen LogP) is 5.00. The summed E-state index contributed by atoms with van der Waals surface area (Å²) in [6.07, 6.45) is 3.99. The lowest BCUT2D eigenvalue weighted by Crippen LogP contribution is -2.29. The number of halogens is 2. The highest BCUT2D eigenvalue weighted by molar-refractivity contribution is 5.66. The minimum Gasteiger partial charge on any atom is -0.494 e. The third kappa shape index (κ3) is 4.05. The third-order valence-corrected chi connectivity index (χ3v) is 4.61. The van der Waals surface area contributed by atoms with Crippen molar-refractivity contribution in [2.75, 3.05) is 20.3 Å². The molecule has 26 heavy (non-hydrogen) atoms. The SMILES string of the molecule is C=CC1CCC(COc2ccc(-c3ccc(OC)c(F)c3F)cc2)OC1. The van der Waals surface area contributed by atoms with Crippen molar-refractivity contribution in [2.45, 2.75) is 18.9 Å². The van der Waals surface area contributed by atoms with Crippen LogP contribution in [-0.2, 0) is 4.74 Å². The lowest BCUT2D eigenvalue weighted by atomic mass is 9.99. The Balaban J connectivity index is 1.62. The third-order valence-electron chi connectivity index (χ3n) is 4.61. The second kappa shape index (κ2) is 8.32. The van der Waals surface area contributed by atoms with Gasteiger partial charge in [0.2, 0.25) is 5.82 Å². The zero-order valence-electron chi connectivity index (χ0n) is 14.7. The first-order chi connectivity index (χ1) is 12.6. The highest BCUT2D eigenvalue weighted by Gasteiger charge is 2.20. The van der Waals surface area contributed by atoms with Crippen molar-refractivity contribution in [3.8, 4) is 22.6 Å².